The molecule has 0 saturated carbocycles. The van der Waals surface area contributed by atoms with Gasteiger partial charge in [-0.05, 0) is 38.8 Å². The van der Waals surface area contributed by atoms with Gasteiger partial charge >= 0.3 is 0 Å². The molecule has 0 bridgehead atoms. The summed E-state index contributed by atoms with van der Waals surface area (Å²) in [6.45, 7) is 5.94. The molecular formula is C13H13BrO. The minimum atomic E-state index is -0.142. The molecule has 0 atom stereocenters. The Balaban J connectivity index is 2.96. The lowest BCUT2D eigenvalue weighted by Gasteiger charge is -2.06. The summed E-state index contributed by atoms with van der Waals surface area (Å²) in [5.41, 5.74) is 0.478. The van der Waals surface area contributed by atoms with Crippen molar-refractivity contribution in [3.63, 3.8) is 0 Å². The van der Waals surface area contributed by atoms with Gasteiger partial charge < -0.3 is 0 Å². The number of hydrogen-bond donors (Lipinski definition) is 0. The third-order valence-corrected chi connectivity index (χ3v) is 2.36. The molecule has 0 N–H and O–H groups in total. The molecule has 1 aromatic rings. The van der Waals surface area contributed by atoms with Crippen molar-refractivity contribution in [1.29, 1.82) is 0 Å². The molecule has 0 unspecified atom stereocenters. The van der Waals surface area contributed by atoms with Crippen LogP contribution in [-0.2, 0) is 0 Å². The lowest BCUT2D eigenvalue weighted by Crippen LogP contribution is -2.02. The molecule has 2 heteroatoms. The van der Waals surface area contributed by atoms with Gasteiger partial charge in [0.05, 0.1) is 0 Å². The summed E-state index contributed by atoms with van der Waals surface area (Å²) >= 11 is 3.33. The van der Waals surface area contributed by atoms with E-state index in [9.17, 15) is 4.79 Å². The Bertz CT molecular complexity index is 430. The van der Waals surface area contributed by atoms with E-state index in [2.05, 4.69) is 27.8 Å². The van der Waals surface area contributed by atoms with Crippen molar-refractivity contribution >= 4 is 21.7 Å². The SMILES string of the molecule is CC(C)(C)C#CC(=O)c1ccccc1Br. The zero-order valence-electron chi connectivity index (χ0n) is 9.10. The fourth-order valence-corrected chi connectivity index (χ4v) is 1.42. The Labute approximate surface area is 99.0 Å². The van der Waals surface area contributed by atoms with Crippen molar-refractivity contribution < 1.29 is 4.79 Å². The predicted octanol–water partition coefficient (Wildman–Crippen LogP) is 3.68. The second-order valence-electron chi connectivity index (χ2n) is 4.31. The van der Waals surface area contributed by atoms with Crippen LogP contribution < -0.4 is 0 Å². The smallest absolute Gasteiger partial charge is 0.237 e. The molecule has 0 radical (unpaired) electrons. The van der Waals surface area contributed by atoms with Crippen LogP contribution in [0, 0.1) is 17.3 Å². The number of ketones is 1. The topological polar surface area (TPSA) is 17.1 Å². The van der Waals surface area contributed by atoms with Gasteiger partial charge in [-0.1, -0.05) is 34.0 Å². The van der Waals surface area contributed by atoms with Crippen molar-refractivity contribution in [2.24, 2.45) is 5.41 Å². The van der Waals surface area contributed by atoms with E-state index in [0.717, 1.165) is 4.47 Å². The van der Waals surface area contributed by atoms with E-state index in [1.165, 1.54) is 0 Å². The molecule has 0 saturated heterocycles. The number of carbonyl (C=O) groups is 1. The van der Waals surface area contributed by atoms with E-state index >= 15 is 0 Å². The van der Waals surface area contributed by atoms with Crippen LogP contribution in [0.1, 0.15) is 31.1 Å². The first-order valence-electron chi connectivity index (χ1n) is 4.72. The Morgan fingerprint density at radius 3 is 2.40 bits per heavy atom. The number of hydrogen-bond acceptors (Lipinski definition) is 1. The lowest BCUT2D eigenvalue weighted by atomic mass is 9.97. The summed E-state index contributed by atoms with van der Waals surface area (Å²) in [5, 5.41) is 0. The van der Waals surface area contributed by atoms with Crippen molar-refractivity contribution in [2.75, 3.05) is 0 Å². The molecule has 1 rings (SSSR count). The van der Waals surface area contributed by atoms with Crippen LogP contribution in [0.15, 0.2) is 28.7 Å². The van der Waals surface area contributed by atoms with Gasteiger partial charge in [0, 0.05) is 15.5 Å². The molecular weight excluding hydrogens is 252 g/mol. The minimum absolute atomic E-state index is 0.141. The van der Waals surface area contributed by atoms with Crippen molar-refractivity contribution in [2.45, 2.75) is 20.8 Å². The molecule has 0 amide bonds. The zero-order chi connectivity index (χ0) is 11.5. The number of carbonyl (C=O) groups excluding carboxylic acids is 1. The molecule has 1 aromatic carbocycles. The van der Waals surface area contributed by atoms with Gasteiger partial charge in [0.15, 0.2) is 0 Å². The first-order chi connectivity index (χ1) is 6.90. The van der Waals surface area contributed by atoms with Gasteiger partial charge in [0.2, 0.25) is 5.78 Å². The van der Waals surface area contributed by atoms with Crippen LogP contribution in [0.3, 0.4) is 0 Å². The number of halogens is 1. The molecule has 0 aliphatic carbocycles. The monoisotopic (exact) mass is 264 g/mol. The number of benzene rings is 1. The fraction of sp³-hybridized carbons (Fsp3) is 0.308. The third-order valence-electron chi connectivity index (χ3n) is 1.67. The minimum Gasteiger partial charge on any atom is -0.279 e. The van der Waals surface area contributed by atoms with Crippen molar-refractivity contribution in [3.8, 4) is 11.8 Å². The lowest BCUT2D eigenvalue weighted by molar-refractivity contribution is 0.105. The molecule has 78 valence electrons. The second kappa shape index (κ2) is 4.63. The highest BCUT2D eigenvalue weighted by Crippen LogP contribution is 2.16. The molecule has 0 aliphatic rings. The quantitative estimate of drug-likeness (QED) is 0.430. The molecule has 0 heterocycles. The van der Waals surface area contributed by atoms with Gasteiger partial charge in [0.1, 0.15) is 0 Å². The standard InChI is InChI=1S/C13H13BrO/c1-13(2,3)9-8-12(15)10-6-4-5-7-11(10)14/h4-7H,1-3H3. The Kier molecular flexibility index (Phi) is 3.71. The molecule has 0 aliphatic heterocycles. The van der Waals surface area contributed by atoms with Gasteiger partial charge in [-0.2, -0.15) is 0 Å². The van der Waals surface area contributed by atoms with E-state index in [1.54, 1.807) is 6.07 Å². The normalized spacial score (nSPS) is 10.4. The highest BCUT2D eigenvalue weighted by molar-refractivity contribution is 9.10. The van der Waals surface area contributed by atoms with E-state index in [1.807, 2.05) is 39.0 Å². The first kappa shape index (κ1) is 12.0. The maximum absolute atomic E-state index is 11.7. The summed E-state index contributed by atoms with van der Waals surface area (Å²) in [4.78, 5) is 11.7. The van der Waals surface area contributed by atoms with Crippen molar-refractivity contribution in [3.05, 3.63) is 34.3 Å². The van der Waals surface area contributed by atoms with E-state index < -0.39 is 0 Å². The highest BCUT2D eigenvalue weighted by atomic mass is 79.9. The Hall–Kier alpha value is -1.07. The fourth-order valence-electron chi connectivity index (χ4n) is 0.957. The Morgan fingerprint density at radius 1 is 1.27 bits per heavy atom. The zero-order valence-corrected chi connectivity index (χ0v) is 10.7. The molecule has 1 nitrogen and oxygen atoms in total. The van der Waals surface area contributed by atoms with E-state index in [-0.39, 0.29) is 11.2 Å². The van der Waals surface area contributed by atoms with Crippen LogP contribution in [0.5, 0.6) is 0 Å². The van der Waals surface area contributed by atoms with Crippen LogP contribution in [-0.4, -0.2) is 5.78 Å². The second-order valence-corrected chi connectivity index (χ2v) is 5.16. The first-order valence-corrected chi connectivity index (χ1v) is 5.51. The van der Waals surface area contributed by atoms with Gasteiger partial charge in [0.25, 0.3) is 0 Å². The predicted molar refractivity (Wildman–Crippen MR) is 65.7 cm³/mol. The third kappa shape index (κ3) is 3.89. The van der Waals surface area contributed by atoms with E-state index in [0.29, 0.717) is 5.56 Å². The van der Waals surface area contributed by atoms with Gasteiger partial charge in [-0.25, -0.2) is 0 Å². The van der Waals surface area contributed by atoms with E-state index in [4.69, 9.17) is 0 Å². The number of rotatable bonds is 1. The Morgan fingerprint density at radius 2 is 1.87 bits per heavy atom. The van der Waals surface area contributed by atoms with Crippen molar-refractivity contribution in [1.82, 2.24) is 0 Å². The van der Waals surface area contributed by atoms with Gasteiger partial charge in [-0.15, -0.1) is 0 Å². The van der Waals surface area contributed by atoms with Crippen LogP contribution in [0.2, 0.25) is 0 Å². The summed E-state index contributed by atoms with van der Waals surface area (Å²) in [5.74, 6) is 5.45. The summed E-state index contributed by atoms with van der Waals surface area (Å²) in [7, 11) is 0. The van der Waals surface area contributed by atoms with Crippen LogP contribution in [0.25, 0.3) is 0 Å². The summed E-state index contributed by atoms with van der Waals surface area (Å²) in [6, 6.07) is 7.31. The maximum atomic E-state index is 11.7. The molecule has 15 heavy (non-hydrogen) atoms. The molecule has 0 spiro atoms. The van der Waals surface area contributed by atoms with Crippen LogP contribution >= 0.6 is 15.9 Å². The largest absolute Gasteiger partial charge is 0.279 e. The summed E-state index contributed by atoms with van der Waals surface area (Å²) < 4.78 is 0.790. The molecule has 0 aromatic heterocycles. The maximum Gasteiger partial charge on any atom is 0.237 e. The summed E-state index contributed by atoms with van der Waals surface area (Å²) in [6.07, 6.45) is 0. The van der Waals surface area contributed by atoms with Crippen LogP contribution in [0.4, 0.5) is 0 Å². The molecule has 0 fully saturated rings. The highest BCUT2D eigenvalue weighted by Gasteiger charge is 2.08. The average Bonchev–Trinajstić information content (AvgIpc) is 2.14. The van der Waals surface area contributed by atoms with Gasteiger partial charge in [-0.3, -0.25) is 4.79 Å². The average molecular weight is 265 g/mol. The number of Topliss-reactive ketones (excluding diaryl/α,β-unsaturated/α-hetero) is 1.